The van der Waals surface area contributed by atoms with Gasteiger partial charge in [-0.1, -0.05) is 30.3 Å². The Morgan fingerprint density at radius 3 is 2.67 bits per heavy atom. The van der Waals surface area contributed by atoms with Gasteiger partial charge in [-0.15, -0.1) is 0 Å². The summed E-state index contributed by atoms with van der Waals surface area (Å²) in [6, 6.07) is 9.36. The predicted molar refractivity (Wildman–Crippen MR) is 80.9 cm³/mol. The minimum atomic E-state index is -2.95. The third-order valence-corrected chi connectivity index (χ3v) is 6.15. The lowest BCUT2D eigenvalue weighted by Gasteiger charge is -2.17. The zero-order valence-electron chi connectivity index (χ0n) is 12.1. The monoisotopic (exact) mass is 311 g/mol. The van der Waals surface area contributed by atoms with Crippen molar-refractivity contribution in [1.82, 2.24) is 5.32 Å². The van der Waals surface area contributed by atoms with Crippen LogP contribution in [0.15, 0.2) is 30.3 Å². The van der Waals surface area contributed by atoms with E-state index in [0.29, 0.717) is 19.5 Å². The molecule has 1 aromatic rings. The molecule has 1 heterocycles. The first-order valence-electron chi connectivity index (χ1n) is 7.09. The number of ether oxygens (including phenoxy) is 1. The first-order valence-corrected chi connectivity index (χ1v) is 8.81. The van der Waals surface area contributed by atoms with Crippen molar-refractivity contribution in [3.63, 3.8) is 0 Å². The summed E-state index contributed by atoms with van der Waals surface area (Å²) in [5, 5.41) is 2.79. The molecule has 1 aromatic carbocycles. The topological polar surface area (TPSA) is 72.5 Å². The zero-order valence-corrected chi connectivity index (χ0v) is 12.9. The molecule has 1 saturated heterocycles. The van der Waals surface area contributed by atoms with Crippen molar-refractivity contribution in [3.8, 4) is 0 Å². The maximum atomic E-state index is 11.9. The van der Waals surface area contributed by atoms with E-state index in [4.69, 9.17) is 4.74 Å². The quantitative estimate of drug-likeness (QED) is 0.797. The van der Waals surface area contributed by atoms with Crippen molar-refractivity contribution in [1.29, 1.82) is 0 Å². The molecule has 0 aromatic heterocycles. The number of rotatable bonds is 6. The molecule has 1 aliphatic rings. The molecule has 116 valence electrons. The lowest BCUT2D eigenvalue weighted by atomic mass is 9.99. The molecule has 2 atom stereocenters. The third kappa shape index (κ3) is 4.04. The number of benzene rings is 1. The second kappa shape index (κ2) is 7.04. The summed E-state index contributed by atoms with van der Waals surface area (Å²) in [6.07, 6.45) is 1.43. The van der Waals surface area contributed by atoms with E-state index < -0.39 is 15.8 Å². The maximum absolute atomic E-state index is 11.9. The van der Waals surface area contributed by atoms with Crippen molar-refractivity contribution in [3.05, 3.63) is 35.9 Å². The molecule has 6 heteroatoms. The fourth-order valence-electron chi connectivity index (χ4n) is 2.64. The number of carbonyl (C=O) groups excluding carboxylic acids is 1. The fourth-order valence-corrected chi connectivity index (χ4v) is 4.44. The van der Waals surface area contributed by atoms with Gasteiger partial charge in [0.05, 0.1) is 24.0 Å². The van der Waals surface area contributed by atoms with Gasteiger partial charge in [0.25, 0.3) is 0 Å². The smallest absolute Gasteiger partial charge is 0.314 e. The van der Waals surface area contributed by atoms with Crippen molar-refractivity contribution >= 4 is 15.8 Å². The van der Waals surface area contributed by atoms with Gasteiger partial charge in [0.15, 0.2) is 9.84 Å². The van der Waals surface area contributed by atoms with Crippen LogP contribution in [-0.4, -0.2) is 45.6 Å². The number of carbonyl (C=O) groups is 1. The molecule has 0 amide bonds. The lowest BCUT2D eigenvalue weighted by Crippen LogP contribution is -2.35. The Kier molecular flexibility index (Phi) is 5.36. The van der Waals surface area contributed by atoms with Gasteiger partial charge in [0.2, 0.25) is 0 Å². The average molecular weight is 311 g/mol. The summed E-state index contributed by atoms with van der Waals surface area (Å²) in [5.41, 5.74) is 0.867. The largest absolute Gasteiger partial charge is 0.469 e. The molecule has 0 bridgehead atoms. The minimum Gasteiger partial charge on any atom is -0.469 e. The van der Waals surface area contributed by atoms with Crippen molar-refractivity contribution in [2.45, 2.75) is 24.0 Å². The molecule has 21 heavy (non-hydrogen) atoms. The van der Waals surface area contributed by atoms with E-state index >= 15 is 0 Å². The summed E-state index contributed by atoms with van der Waals surface area (Å²) in [6.45, 7) is 0.769. The number of methoxy groups -OCH3 is 1. The Morgan fingerprint density at radius 2 is 2.10 bits per heavy atom. The molecule has 5 nitrogen and oxygen atoms in total. The van der Waals surface area contributed by atoms with Gasteiger partial charge in [0.1, 0.15) is 0 Å². The SMILES string of the molecule is COC(=O)C(CNCC1CCCS1(=O)=O)c1ccccc1. The highest BCUT2D eigenvalue weighted by atomic mass is 32.2. The van der Waals surface area contributed by atoms with Crippen LogP contribution in [0, 0.1) is 0 Å². The molecule has 1 aliphatic heterocycles. The summed E-state index contributed by atoms with van der Waals surface area (Å²) < 4.78 is 28.4. The summed E-state index contributed by atoms with van der Waals surface area (Å²) in [5.74, 6) is -0.457. The second-order valence-electron chi connectivity index (χ2n) is 5.28. The van der Waals surface area contributed by atoms with E-state index in [0.717, 1.165) is 12.0 Å². The molecule has 1 fully saturated rings. The Bertz CT molecular complexity index is 571. The van der Waals surface area contributed by atoms with Gasteiger partial charge in [-0.05, 0) is 18.4 Å². The van der Waals surface area contributed by atoms with E-state index in [-0.39, 0.29) is 17.0 Å². The molecule has 1 N–H and O–H groups in total. The Hall–Kier alpha value is -1.40. The normalized spacial score (nSPS) is 21.9. The summed E-state index contributed by atoms with van der Waals surface area (Å²) in [4.78, 5) is 11.9. The molecule has 0 spiro atoms. The molecule has 0 radical (unpaired) electrons. The highest BCUT2D eigenvalue weighted by Gasteiger charge is 2.31. The van der Waals surface area contributed by atoms with Crippen LogP contribution in [0.3, 0.4) is 0 Å². The Labute approximate surface area is 125 Å². The highest BCUT2D eigenvalue weighted by molar-refractivity contribution is 7.92. The van der Waals surface area contributed by atoms with Crippen molar-refractivity contribution in [2.24, 2.45) is 0 Å². The zero-order chi connectivity index (χ0) is 15.3. The number of nitrogens with one attached hydrogen (secondary N) is 1. The van der Waals surface area contributed by atoms with E-state index in [1.54, 1.807) is 0 Å². The Balaban J connectivity index is 1.96. The molecular weight excluding hydrogens is 290 g/mol. The first-order chi connectivity index (χ1) is 10.0. The number of sulfone groups is 1. The number of hydrogen-bond donors (Lipinski definition) is 1. The first kappa shape index (κ1) is 16.0. The molecule has 2 unspecified atom stereocenters. The van der Waals surface area contributed by atoms with Crippen molar-refractivity contribution < 1.29 is 17.9 Å². The van der Waals surface area contributed by atoms with Crippen LogP contribution >= 0.6 is 0 Å². The standard InChI is InChI=1S/C15H21NO4S/c1-20-15(17)14(12-6-3-2-4-7-12)11-16-10-13-8-5-9-21(13,18)19/h2-4,6-7,13-14,16H,5,8-11H2,1H3. The van der Waals surface area contributed by atoms with E-state index in [1.807, 2.05) is 30.3 Å². The van der Waals surface area contributed by atoms with Gasteiger partial charge < -0.3 is 10.1 Å². The lowest BCUT2D eigenvalue weighted by molar-refractivity contribution is -0.142. The van der Waals surface area contributed by atoms with Gasteiger partial charge in [0, 0.05) is 13.1 Å². The summed E-state index contributed by atoms with van der Waals surface area (Å²) >= 11 is 0. The predicted octanol–water partition coefficient (Wildman–Crippen LogP) is 1.11. The molecule has 0 aliphatic carbocycles. The Morgan fingerprint density at radius 1 is 1.38 bits per heavy atom. The van der Waals surface area contributed by atoms with Crippen LogP contribution in [0.5, 0.6) is 0 Å². The van der Waals surface area contributed by atoms with Gasteiger partial charge in [-0.25, -0.2) is 8.42 Å². The molecule has 2 rings (SSSR count). The second-order valence-corrected chi connectivity index (χ2v) is 7.68. The van der Waals surface area contributed by atoms with Crippen LogP contribution in [0.4, 0.5) is 0 Å². The van der Waals surface area contributed by atoms with Crippen LogP contribution in [0.25, 0.3) is 0 Å². The van der Waals surface area contributed by atoms with Gasteiger partial charge in [-0.2, -0.15) is 0 Å². The van der Waals surface area contributed by atoms with E-state index in [2.05, 4.69) is 5.32 Å². The van der Waals surface area contributed by atoms with Crippen LogP contribution < -0.4 is 5.32 Å². The molecule has 0 saturated carbocycles. The van der Waals surface area contributed by atoms with Crippen LogP contribution in [0.2, 0.25) is 0 Å². The molecular formula is C15H21NO4S. The van der Waals surface area contributed by atoms with Crippen molar-refractivity contribution in [2.75, 3.05) is 26.0 Å². The third-order valence-electron chi connectivity index (χ3n) is 3.87. The maximum Gasteiger partial charge on any atom is 0.314 e. The number of hydrogen-bond acceptors (Lipinski definition) is 5. The van der Waals surface area contributed by atoms with Crippen LogP contribution in [0.1, 0.15) is 24.3 Å². The average Bonchev–Trinajstić information content (AvgIpc) is 2.82. The highest BCUT2D eigenvalue weighted by Crippen LogP contribution is 2.20. The van der Waals surface area contributed by atoms with Crippen LogP contribution in [-0.2, 0) is 19.4 Å². The fraction of sp³-hybridized carbons (Fsp3) is 0.533. The van der Waals surface area contributed by atoms with E-state index in [9.17, 15) is 13.2 Å². The van der Waals surface area contributed by atoms with E-state index in [1.165, 1.54) is 7.11 Å². The van der Waals surface area contributed by atoms with Gasteiger partial charge in [-0.3, -0.25) is 4.79 Å². The number of esters is 1. The minimum absolute atomic E-state index is 0.276. The summed E-state index contributed by atoms with van der Waals surface area (Å²) in [7, 11) is -1.59. The van der Waals surface area contributed by atoms with Gasteiger partial charge >= 0.3 is 5.97 Å².